The van der Waals surface area contributed by atoms with Crippen LogP contribution < -0.4 is 10.5 Å². The molecule has 0 unspecified atom stereocenters. The van der Waals surface area contributed by atoms with Gasteiger partial charge in [0.1, 0.15) is 11.3 Å². The van der Waals surface area contributed by atoms with E-state index in [1.54, 1.807) is 23.9 Å². The molecule has 2 N–H and O–H groups in total. The van der Waals surface area contributed by atoms with Crippen molar-refractivity contribution in [2.24, 2.45) is 0 Å². The van der Waals surface area contributed by atoms with Crippen molar-refractivity contribution in [2.45, 2.75) is 6.92 Å². The lowest BCUT2D eigenvalue weighted by Gasteiger charge is -2.09. The Morgan fingerprint density at radius 1 is 1.30 bits per heavy atom. The third-order valence-corrected chi connectivity index (χ3v) is 3.33. The molecular formula is C14H13ClN4O. The summed E-state index contributed by atoms with van der Waals surface area (Å²) in [4.78, 5) is 8.59. The molecule has 3 aromatic rings. The number of nitrogens with zero attached hydrogens (tertiary/aromatic N) is 3. The van der Waals surface area contributed by atoms with Gasteiger partial charge in [0.25, 0.3) is 0 Å². The first-order chi connectivity index (χ1) is 9.60. The van der Waals surface area contributed by atoms with E-state index in [1.807, 2.05) is 25.1 Å². The number of imidazole rings is 1. The van der Waals surface area contributed by atoms with Crippen LogP contribution in [0.5, 0.6) is 5.75 Å². The monoisotopic (exact) mass is 288 g/mol. The van der Waals surface area contributed by atoms with E-state index in [1.165, 1.54) is 0 Å². The van der Waals surface area contributed by atoms with Crippen molar-refractivity contribution < 1.29 is 4.74 Å². The maximum absolute atomic E-state index is 5.99. The molecule has 3 rings (SSSR count). The Hall–Kier alpha value is -2.27. The zero-order valence-electron chi connectivity index (χ0n) is 11.1. The second-order valence-corrected chi connectivity index (χ2v) is 4.89. The molecule has 102 valence electrons. The summed E-state index contributed by atoms with van der Waals surface area (Å²) in [7, 11) is 1.65. The number of nitrogen functional groups attached to an aromatic ring is 1. The smallest absolute Gasteiger partial charge is 0.207 e. The molecule has 0 saturated heterocycles. The highest BCUT2D eigenvalue weighted by Gasteiger charge is 2.12. The number of benzene rings is 1. The zero-order chi connectivity index (χ0) is 14.3. The lowest BCUT2D eigenvalue weighted by atomic mass is 10.2. The Labute approximate surface area is 121 Å². The van der Waals surface area contributed by atoms with Crippen LogP contribution in [0.1, 0.15) is 5.56 Å². The van der Waals surface area contributed by atoms with Crippen LogP contribution in [0.3, 0.4) is 0 Å². The molecule has 5 nitrogen and oxygen atoms in total. The van der Waals surface area contributed by atoms with E-state index in [2.05, 4.69) is 9.97 Å². The number of hydrogen-bond donors (Lipinski definition) is 1. The molecule has 0 atom stereocenters. The summed E-state index contributed by atoms with van der Waals surface area (Å²) in [5.41, 5.74) is 9.24. The number of fused-ring (bicyclic) bond motifs is 1. The van der Waals surface area contributed by atoms with Gasteiger partial charge in [0.15, 0.2) is 5.65 Å². The highest BCUT2D eigenvalue weighted by Crippen LogP contribution is 2.26. The lowest BCUT2D eigenvalue weighted by Crippen LogP contribution is -2.02. The summed E-state index contributed by atoms with van der Waals surface area (Å²) < 4.78 is 7.05. The largest absolute Gasteiger partial charge is 0.496 e. The molecule has 0 aliphatic carbocycles. The van der Waals surface area contributed by atoms with Gasteiger partial charge in [-0.1, -0.05) is 11.6 Å². The second kappa shape index (κ2) is 4.68. The molecule has 2 heterocycles. The van der Waals surface area contributed by atoms with E-state index < -0.39 is 0 Å². The summed E-state index contributed by atoms with van der Waals surface area (Å²) in [6.45, 7) is 1.97. The average Bonchev–Trinajstić information content (AvgIpc) is 2.73. The molecule has 0 radical (unpaired) electrons. The van der Waals surface area contributed by atoms with Crippen LogP contribution in [0, 0.1) is 6.92 Å². The molecule has 0 saturated carbocycles. The third kappa shape index (κ3) is 1.96. The van der Waals surface area contributed by atoms with Gasteiger partial charge in [-0.2, -0.15) is 0 Å². The molecular weight excluding hydrogens is 276 g/mol. The predicted molar refractivity (Wildman–Crippen MR) is 79.6 cm³/mol. The van der Waals surface area contributed by atoms with Crippen molar-refractivity contribution in [1.82, 2.24) is 14.5 Å². The molecule has 0 amide bonds. The summed E-state index contributed by atoms with van der Waals surface area (Å²) >= 11 is 5.92. The number of pyridine rings is 1. The number of anilines is 1. The zero-order valence-corrected chi connectivity index (χ0v) is 11.8. The van der Waals surface area contributed by atoms with Crippen LogP contribution in [0.25, 0.3) is 16.9 Å². The number of nitrogens with two attached hydrogens (primary N) is 1. The van der Waals surface area contributed by atoms with E-state index >= 15 is 0 Å². The van der Waals surface area contributed by atoms with E-state index in [0.717, 1.165) is 17.0 Å². The average molecular weight is 289 g/mol. The van der Waals surface area contributed by atoms with Crippen LogP contribution in [-0.2, 0) is 0 Å². The minimum Gasteiger partial charge on any atom is -0.496 e. The molecule has 0 aliphatic heterocycles. The fraction of sp³-hybridized carbons (Fsp3) is 0.143. The Morgan fingerprint density at radius 2 is 2.10 bits per heavy atom. The van der Waals surface area contributed by atoms with Crippen LogP contribution in [-0.4, -0.2) is 21.6 Å². The lowest BCUT2D eigenvalue weighted by molar-refractivity contribution is 0.411. The quantitative estimate of drug-likeness (QED) is 0.787. The Bertz CT molecular complexity index is 797. The summed E-state index contributed by atoms with van der Waals surface area (Å²) in [6.07, 6.45) is 1.58. The van der Waals surface area contributed by atoms with Crippen molar-refractivity contribution in [3.05, 3.63) is 41.0 Å². The van der Waals surface area contributed by atoms with E-state index in [4.69, 9.17) is 22.1 Å². The molecule has 2 aromatic heterocycles. The molecule has 20 heavy (non-hydrogen) atoms. The maximum Gasteiger partial charge on any atom is 0.207 e. The van der Waals surface area contributed by atoms with Gasteiger partial charge in [-0.15, -0.1) is 0 Å². The minimum atomic E-state index is 0.374. The molecule has 0 aliphatic rings. The van der Waals surface area contributed by atoms with Crippen molar-refractivity contribution >= 4 is 28.7 Å². The molecule has 6 heteroatoms. The van der Waals surface area contributed by atoms with Gasteiger partial charge in [-0.3, -0.25) is 4.57 Å². The number of halogens is 1. The summed E-state index contributed by atoms with van der Waals surface area (Å²) in [6, 6.07) is 7.53. The molecule has 1 aromatic carbocycles. The highest BCUT2D eigenvalue weighted by atomic mass is 35.5. The standard InChI is InChI=1S/C14H13ClN4O/c1-8-5-10(3-4-12(8)20-2)19-13-11(18-14(19)16)6-9(15)7-17-13/h3-7H,1-2H3,(H2,16,18). The van der Waals surface area contributed by atoms with Gasteiger partial charge in [-0.05, 0) is 36.8 Å². The van der Waals surface area contributed by atoms with Crippen molar-refractivity contribution in [3.63, 3.8) is 0 Å². The number of aryl methyl sites for hydroxylation is 1. The van der Waals surface area contributed by atoms with Gasteiger partial charge >= 0.3 is 0 Å². The van der Waals surface area contributed by atoms with Crippen LogP contribution in [0.2, 0.25) is 5.02 Å². The Morgan fingerprint density at radius 3 is 2.80 bits per heavy atom. The number of methoxy groups -OCH3 is 1. The van der Waals surface area contributed by atoms with E-state index in [0.29, 0.717) is 22.1 Å². The van der Waals surface area contributed by atoms with Crippen molar-refractivity contribution in [2.75, 3.05) is 12.8 Å². The summed E-state index contributed by atoms with van der Waals surface area (Å²) in [5.74, 6) is 1.20. The van der Waals surface area contributed by atoms with Gasteiger partial charge in [0.05, 0.1) is 17.8 Å². The highest BCUT2D eigenvalue weighted by molar-refractivity contribution is 6.31. The topological polar surface area (TPSA) is 66.0 Å². The normalized spacial score (nSPS) is 10.9. The molecule has 0 fully saturated rings. The fourth-order valence-electron chi connectivity index (χ4n) is 2.21. The number of rotatable bonds is 2. The number of ether oxygens (including phenoxy) is 1. The Kier molecular flexibility index (Phi) is 2.99. The fourth-order valence-corrected chi connectivity index (χ4v) is 2.37. The number of aromatic nitrogens is 3. The first kappa shape index (κ1) is 12.7. The second-order valence-electron chi connectivity index (χ2n) is 4.46. The van der Waals surface area contributed by atoms with Crippen LogP contribution in [0.15, 0.2) is 30.5 Å². The first-order valence-electron chi connectivity index (χ1n) is 6.04. The molecule has 0 spiro atoms. The van der Waals surface area contributed by atoms with E-state index in [-0.39, 0.29) is 0 Å². The van der Waals surface area contributed by atoms with Crippen molar-refractivity contribution in [1.29, 1.82) is 0 Å². The maximum atomic E-state index is 5.99. The third-order valence-electron chi connectivity index (χ3n) is 3.13. The first-order valence-corrected chi connectivity index (χ1v) is 6.42. The predicted octanol–water partition coefficient (Wildman–Crippen LogP) is 2.97. The van der Waals surface area contributed by atoms with Gasteiger partial charge in [0.2, 0.25) is 5.95 Å². The van der Waals surface area contributed by atoms with Crippen LogP contribution in [0.4, 0.5) is 5.95 Å². The summed E-state index contributed by atoms with van der Waals surface area (Å²) in [5, 5.41) is 0.535. The van der Waals surface area contributed by atoms with Crippen molar-refractivity contribution in [3.8, 4) is 11.4 Å². The van der Waals surface area contributed by atoms with Gasteiger partial charge < -0.3 is 10.5 Å². The van der Waals surface area contributed by atoms with Crippen LogP contribution >= 0.6 is 11.6 Å². The SMILES string of the molecule is COc1ccc(-n2c(N)nc3cc(Cl)cnc32)cc1C. The minimum absolute atomic E-state index is 0.374. The van der Waals surface area contributed by atoms with E-state index in [9.17, 15) is 0 Å². The number of hydrogen-bond acceptors (Lipinski definition) is 4. The van der Waals surface area contributed by atoms with Gasteiger partial charge in [0, 0.05) is 6.20 Å². The Balaban J connectivity index is 2.23. The van der Waals surface area contributed by atoms with Gasteiger partial charge in [-0.25, -0.2) is 9.97 Å². The molecule has 0 bridgehead atoms.